The summed E-state index contributed by atoms with van der Waals surface area (Å²) in [5.41, 5.74) is 2.55. The van der Waals surface area contributed by atoms with Crippen LogP contribution in [-0.2, 0) is 4.79 Å². The number of hydrogen-bond acceptors (Lipinski definition) is 5. The average Bonchev–Trinajstić information content (AvgIpc) is 2.75. The molecule has 1 amide bonds. The van der Waals surface area contributed by atoms with Crippen molar-refractivity contribution in [2.24, 2.45) is 5.92 Å². The van der Waals surface area contributed by atoms with Gasteiger partial charge in [0.15, 0.2) is 5.82 Å². The Hall–Kier alpha value is -2.99. The molecule has 0 saturated carbocycles. The molecule has 1 N–H and O–H groups in total. The number of nitrogens with one attached hydrogen (secondary N) is 1. The third-order valence-electron chi connectivity index (χ3n) is 4.91. The fourth-order valence-corrected chi connectivity index (χ4v) is 3.54. The highest BCUT2D eigenvalue weighted by Crippen LogP contribution is 2.24. The lowest BCUT2D eigenvalue weighted by Gasteiger charge is -2.31. The van der Waals surface area contributed by atoms with Gasteiger partial charge in [-0.15, -0.1) is 10.2 Å². The smallest absolute Gasteiger partial charge is 0.227 e. The van der Waals surface area contributed by atoms with Gasteiger partial charge in [0.1, 0.15) is 0 Å². The molecule has 1 aliphatic heterocycles. The number of halogens is 1. The van der Waals surface area contributed by atoms with E-state index in [1.165, 1.54) is 0 Å². The van der Waals surface area contributed by atoms with Crippen molar-refractivity contribution >= 4 is 29.0 Å². The number of carbonyl (C=O) groups excluding carboxylic acids is 1. The van der Waals surface area contributed by atoms with Crippen molar-refractivity contribution in [1.82, 2.24) is 15.2 Å². The van der Waals surface area contributed by atoms with Crippen LogP contribution in [0.4, 0.5) is 11.5 Å². The average molecular weight is 394 g/mol. The quantitative estimate of drug-likeness (QED) is 0.724. The van der Waals surface area contributed by atoms with E-state index in [1.54, 1.807) is 24.5 Å². The van der Waals surface area contributed by atoms with E-state index < -0.39 is 0 Å². The first-order valence-corrected chi connectivity index (χ1v) is 9.62. The maximum absolute atomic E-state index is 12.5. The number of amides is 1. The summed E-state index contributed by atoms with van der Waals surface area (Å²) in [4.78, 5) is 18.7. The zero-order chi connectivity index (χ0) is 19.3. The Kier molecular flexibility index (Phi) is 5.48. The predicted octanol–water partition coefficient (Wildman–Crippen LogP) is 4.05. The van der Waals surface area contributed by atoms with Crippen LogP contribution >= 0.6 is 11.6 Å². The van der Waals surface area contributed by atoms with Crippen LogP contribution in [0.2, 0.25) is 5.02 Å². The lowest BCUT2D eigenvalue weighted by atomic mass is 9.96. The minimum absolute atomic E-state index is 0.0146. The number of aromatic nitrogens is 3. The molecular weight excluding hydrogens is 374 g/mol. The van der Waals surface area contributed by atoms with Crippen molar-refractivity contribution in [3.8, 4) is 11.3 Å². The third kappa shape index (κ3) is 4.28. The van der Waals surface area contributed by atoms with E-state index in [0.29, 0.717) is 5.02 Å². The van der Waals surface area contributed by atoms with Crippen LogP contribution in [0.1, 0.15) is 12.8 Å². The maximum Gasteiger partial charge on any atom is 0.227 e. The highest BCUT2D eigenvalue weighted by molar-refractivity contribution is 6.30. The number of carbonyl (C=O) groups is 1. The normalized spacial score (nSPS) is 14.7. The molecule has 3 aromatic rings. The van der Waals surface area contributed by atoms with Crippen LogP contribution in [0.3, 0.4) is 0 Å². The standard InChI is InChI=1S/C21H20ClN5O/c22-17-2-1-3-18(14-17)24-21(28)16-8-12-27(13-9-16)20-5-4-19(25-26-20)15-6-10-23-11-7-15/h1-7,10-11,14,16H,8-9,12-13H2,(H,24,28). The van der Waals surface area contributed by atoms with Crippen LogP contribution in [0.15, 0.2) is 60.9 Å². The predicted molar refractivity (Wildman–Crippen MR) is 110 cm³/mol. The molecular formula is C21H20ClN5O. The van der Waals surface area contributed by atoms with E-state index in [-0.39, 0.29) is 11.8 Å². The number of benzene rings is 1. The molecule has 1 aromatic carbocycles. The van der Waals surface area contributed by atoms with Gasteiger partial charge in [0.25, 0.3) is 0 Å². The fraction of sp³-hybridized carbons (Fsp3) is 0.238. The molecule has 0 spiro atoms. The molecule has 4 rings (SSSR count). The summed E-state index contributed by atoms with van der Waals surface area (Å²) in [6.07, 6.45) is 5.04. The second-order valence-electron chi connectivity index (χ2n) is 6.77. The van der Waals surface area contributed by atoms with Gasteiger partial charge in [0, 0.05) is 47.7 Å². The number of anilines is 2. The van der Waals surface area contributed by atoms with Crippen molar-refractivity contribution in [2.75, 3.05) is 23.3 Å². The Morgan fingerprint density at radius 3 is 2.50 bits per heavy atom. The second-order valence-corrected chi connectivity index (χ2v) is 7.21. The highest BCUT2D eigenvalue weighted by Gasteiger charge is 2.26. The molecule has 2 aromatic heterocycles. The monoisotopic (exact) mass is 393 g/mol. The Morgan fingerprint density at radius 2 is 1.82 bits per heavy atom. The first kappa shape index (κ1) is 18.4. The summed E-state index contributed by atoms with van der Waals surface area (Å²) in [6, 6.07) is 15.0. The highest BCUT2D eigenvalue weighted by atomic mass is 35.5. The number of hydrogen-bond donors (Lipinski definition) is 1. The van der Waals surface area contributed by atoms with Gasteiger partial charge >= 0.3 is 0 Å². The maximum atomic E-state index is 12.5. The molecule has 0 atom stereocenters. The van der Waals surface area contributed by atoms with E-state index in [1.807, 2.05) is 36.4 Å². The Bertz CT molecular complexity index is 941. The largest absolute Gasteiger partial charge is 0.355 e. The number of pyridine rings is 1. The summed E-state index contributed by atoms with van der Waals surface area (Å²) in [6.45, 7) is 1.55. The van der Waals surface area contributed by atoms with Crippen molar-refractivity contribution in [2.45, 2.75) is 12.8 Å². The zero-order valence-corrected chi connectivity index (χ0v) is 16.0. The number of piperidine rings is 1. The van der Waals surface area contributed by atoms with E-state index in [4.69, 9.17) is 11.6 Å². The van der Waals surface area contributed by atoms with E-state index in [9.17, 15) is 4.79 Å². The molecule has 0 aliphatic carbocycles. The lowest BCUT2D eigenvalue weighted by Crippen LogP contribution is -2.38. The van der Waals surface area contributed by atoms with Crippen molar-refractivity contribution in [3.63, 3.8) is 0 Å². The van der Waals surface area contributed by atoms with Gasteiger partial charge in [-0.3, -0.25) is 9.78 Å². The number of nitrogens with zero attached hydrogens (tertiary/aromatic N) is 4. The SMILES string of the molecule is O=C(Nc1cccc(Cl)c1)C1CCN(c2ccc(-c3ccncc3)nn2)CC1. The molecule has 3 heterocycles. The molecule has 28 heavy (non-hydrogen) atoms. The van der Waals surface area contributed by atoms with Crippen LogP contribution in [0, 0.1) is 5.92 Å². The van der Waals surface area contributed by atoms with Gasteiger partial charge in [-0.05, 0) is 55.3 Å². The van der Waals surface area contributed by atoms with Gasteiger partial charge in [-0.25, -0.2) is 0 Å². The third-order valence-corrected chi connectivity index (χ3v) is 5.14. The first-order chi connectivity index (χ1) is 13.7. The minimum atomic E-state index is -0.0146. The summed E-state index contributed by atoms with van der Waals surface area (Å²) < 4.78 is 0. The molecule has 6 nitrogen and oxygen atoms in total. The van der Waals surface area contributed by atoms with Crippen molar-refractivity contribution < 1.29 is 4.79 Å². The molecule has 0 bridgehead atoms. The molecule has 0 radical (unpaired) electrons. The van der Waals surface area contributed by atoms with Gasteiger partial charge < -0.3 is 10.2 Å². The summed E-state index contributed by atoms with van der Waals surface area (Å²) in [7, 11) is 0. The van der Waals surface area contributed by atoms with Gasteiger partial charge in [-0.1, -0.05) is 17.7 Å². The van der Waals surface area contributed by atoms with Crippen LogP contribution in [0.5, 0.6) is 0 Å². The van der Waals surface area contributed by atoms with Crippen LogP contribution in [-0.4, -0.2) is 34.2 Å². The van der Waals surface area contributed by atoms with Crippen LogP contribution in [0.25, 0.3) is 11.3 Å². The van der Waals surface area contributed by atoms with E-state index in [2.05, 4.69) is 25.4 Å². The molecule has 142 valence electrons. The molecule has 1 fully saturated rings. The second kappa shape index (κ2) is 8.35. The van der Waals surface area contributed by atoms with Crippen molar-refractivity contribution in [3.05, 3.63) is 65.9 Å². The Balaban J connectivity index is 1.34. The molecule has 1 saturated heterocycles. The molecule has 0 unspecified atom stereocenters. The molecule has 7 heteroatoms. The van der Waals surface area contributed by atoms with E-state index in [0.717, 1.165) is 48.7 Å². The summed E-state index contributed by atoms with van der Waals surface area (Å²) >= 11 is 5.98. The van der Waals surface area contributed by atoms with Gasteiger partial charge in [0.2, 0.25) is 5.91 Å². The summed E-state index contributed by atoms with van der Waals surface area (Å²) in [5.74, 6) is 0.867. The fourth-order valence-electron chi connectivity index (χ4n) is 3.35. The Morgan fingerprint density at radius 1 is 1.04 bits per heavy atom. The Labute approximate surface area is 168 Å². The van der Waals surface area contributed by atoms with Gasteiger partial charge in [-0.2, -0.15) is 0 Å². The topological polar surface area (TPSA) is 71.0 Å². The van der Waals surface area contributed by atoms with E-state index >= 15 is 0 Å². The van der Waals surface area contributed by atoms with Crippen LogP contribution < -0.4 is 10.2 Å². The van der Waals surface area contributed by atoms with Crippen molar-refractivity contribution in [1.29, 1.82) is 0 Å². The minimum Gasteiger partial charge on any atom is -0.355 e. The zero-order valence-electron chi connectivity index (χ0n) is 15.3. The lowest BCUT2D eigenvalue weighted by molar-refractivity contribution is -0.120. The first-order valence-electron chi connectivity index (χ1n) is 9.24. The van der Waals surface area contributed by atoms with Gasteiger partial charge in [0.05, 0.1) is 5.69 Å². The summed E-state index contributed by atoms with van der Waals surface area (Å²) in [5, 5.41) is 12.3. The molecule has 1 aliphatic rings. The number of rotatable bonds is 4.